The minimum Gasteiger partial charge on any atom is -0.384 e. The van der Waals surface area contributed by atoms with Crippen molar-refractivity contribution in [3.05, 3.63) is 64.7 Å². The summed E-state index contributed by atoms with van der Waals surface area (Å²) in [6, 6.07) is 14.9. The molecule has 158 valence electrons. The highest BCUT2D eigenvalue weighted by molar-refractivity contribution is 6.30. The third kappa shape index (κ3) is 3.66. The molecule has 0 radical (unpaired) electrons. The van der Waals surface area contributed by atoms with E-state index >= 15 is 0 Å². The van der Waals surface area contributed by atoms with Gasteiger partial charge in [-0.05, 0) is 43.0 Å². The molecule has 5 heteroatoms. The van der Waals surface area contributed by atoms with Gasteiger partial charge in [-0.3, -0.25) is 4.79 Å². The summed E-state index contributed by atoms with van der Waals surface area (Å²) in [5.41, 5.74) is 2.19. The van der Waals surface area contributed by atoms with Gasteiger partial charge in [-0.15, -0.1) is 0 Å². The van der Waals surface area contributed by atoms with Crippen molar-refractivity contribution in [2.24, 2.45) is 17.8 Å². The Morgan fingerprint density at radius 3 is 2.27 bits per heavy atom. The topological polar surface area (TPSA) is 40.5 Å². The number of nitrogens with zero attached hydrogens (tertiary/aromatic N) is 2. The summed E-state index contributed by atoms with van der Waals surface area (Å²) in [6.07, 6.45) is 3.27. The van der Waals surface area contributed by atoms with E-state index in [4.69, 9.17) is 11.6 Å². The summed E-state index contributed by atoms with van der Waals surface area (Å²) in [4.78, 5) is 15.2. The van der Waals surface area contributed by atoms with Crippen LogP contribution in [0.15, 0.2) is 48.5 Å². The second-order valence-corrected chi connectivity index (χ2v) is 10.3. The van der Waals surface area contributed by atoms with Gasteiger partial charge in [-0.2, -0.15) is 0 Å². The first-order chi connectivity index (χ1) is 14.4. The number of piperidine rings is 3. The number of quaternary nitrogens is 1. The van der Waals surface area contributed by atoms with Crippen molar-refractivity contribution in [1.82, 2.24) is 0 Å². The lowest BCUT2D eigenvalue weighted by atomic mass is 9.67. The minimum absolute atomic E-state index is 0.126. The summed E-state index contributed by atoms with van der Waals surface area (Å²) in [6.45, 7) is 4.04. The number of aliphatic hydroxyl groups is 1. The molecule has 1 aliphatic carbocycles. The van der Waals surface area contributed by atoms with Crippen molar-refractivity contribution < 1.29 is 14.4 Å². The zero-order valence-corrected chi connectivity index (χ0v) is 18.3. The van der Waals surface area contributed by atoms with E-state index in [1.807, 2.05) is 43.4 Å². The fourth-order valence-electron chi connectivity index (χ4n) is 6.60. The maximum Gasteiger partial charge on any atom is 0.281 e. The van der Waals surface area contributed by atoms with E-state index in [1.165, 1.54) is 19.3 Å². The van der Waals surface area contributed by atoms with Gasteiger partial charge in [-0.1, -0.05) is 41.9 Å². The molecule has 1 unspecified atom stereocenters. The Balaban J connectivity index is 1.40. The van der Waals surface area contributed by atoms with Gasteiger partial charge in [0, 0.05) is 41.1 Å². The monoisotopic (exact) mass is 425 g/mol. The Morgan fingerprint density at radius 1 is 1.07 bits per heavy atom. The van der Waals surface area contributed by atoms with E-state index in [2.05, 4.69) is 0 Å². The van der Waals surface area contributed by atoms with E-state index < -0.39 is 6.10 Å². The van der Waals surface area contributed by atoms with Crippen molar-refractivity contribution in [3.8, 4) is 0 Å². The first-order valence-electron chi connectivity index (χ1n) is 11.1. The second kappa shape index (κ2) is 7.67. The third-order valence-electron chi connectivity index (χ3n) is 7.54. The number of aliphatic hydroxyl groups excluding tert-OH is 1. The normalized spacial score (nSPS) is 30.3. The second-order valence-electron chi connectivity index (χ2n) is 9.82. The Hall–Kier alpha value is -1.88. The number of carbonyl (C=O) groups is 1. The molecule has 1 amide bonds. The van der Waals surface area contributed by atoms with Gasteiger partial charge < -0.3 is 14.5 Å². The van der Waals surface area contributed by atoms with E-state index in [0.717, 1.165) is 53.1 Å². The summed E-state index contributed by atoms with van der Waals surface area (Å²) >= 11 is 6.26. The molecular formula is C25H30ClN2O2+. The number of halogens is 1. The van der Waals surface area contributed by atoms with Crippen molar-refractivity contribution in [1.29, 1.82) is 0 Å². The first-order valence-corrected chi connectivity index (χ1v) is 11.4. The lowest BCUT2D eigenvalue weighted by molar-refractivity contribution is -0.947. The number of amides is 1. The van der Waals surface area contributed by atoms with Crippen LogP contribution >= 0.6 is 11.6 Å². The van der Waals surface area contributed by atoms with Crippen LogP contribution in [0.2, 0.25) is 5.02 Å². The largest absolute Gasteiger partial charge is 0.384 e. The van der Waals surface area contributed by atoms with Crippen LogP contribution in [0.25, 0.3) is 0 Å². The summed E-state index contributed by atoms with van der Waals surface area (Å²) in [5, 5.41) is 11.6. The fraction of sp³-hybridized carbons (Fsp3) is 0.480. The Morgan fingerprint density at radius 2 is 1.67 bits per heavy atom. The molecule has 6 rings (SSSR count). The molecule has 4 fully saturated rings. The molecule has 3 heterocycles. The standard InChI is InChI=1S/C25H30ClN2O2/c1-27(24(29)16-28-13-17-9-18(14-28)11-19(10-17)15-28)23-8-7-21(26)12-22(23)25(30)20-5-3-2-4-6-20/h2-8,12,17-19,25,30H,9-11,13-16H2,1H3/q+1. The van der Waals surface area contributed by atoms with Crippen LogP contribution in [-0.4, -0.2) is 48.7 Å². The smallest absolute Gasteiger partial charge is 0.281 e. The molecule has 4 bridgehead atoms. The van der Waals surface area contributed by atoms with Gasteiger partial charge in [0.2, 0.25) is 0 Å². The average Bonchev–Trinajstić information content (AvgIpc) is 2.72. The minimum atomic E-state index is -0.829. The number of hydrogen-bond acceptors (Lipinski definition) is 2. The predicted octanol–water partition coefficient (Wildman–Crippen LogP) is 4.26. The maximum atomic E-state index is 13.4. The number of likely N-dealkylation sites (N-methyl/N-ethyl adjacent to an activating group) is 1. The molecule has 3 saturated heterocycles. The number of benzene rings is 2. The predicted molar refractivity (Wildman–Crippen MR) is 119 cm³/mol. The summed E-state index contributed by atoms with van der Waals surface area (Å²) < 4.78 is 0.966. The molecule has 0 spiro atoms. The Kier molecular flexibility index (Phi) is 5.12. The number of carbonyl (C=O) groups excluding carboxylic acids is 1. The van der Waals surface area contributed by atoms with Crippen LogP contribution in [-0.2, 0) is 4.79 Å². The molecule has 30 heavy (non-hydrogen) atoms. The molecule has 1 atom stereocenters. The zero-order chi connectivity index (χ0) is 20.9. The van der Waals surface area contributed by atoms with Gasteiger partial charge in [0.1, 0.15) is 6.10 Å². The van der Waals surface area contributed by atoms with Crippen LogP contribution in [0.3, 0.4) is 0 Å². The molecule has 2 aromatic rings. The Bertz CT molecular complexity index is 910. The molecule has 4 nitrogen and oxygen atoms in total. The van der Waals surface area contributed by atoms with E-state index in [9.17, 15) is 9.90 Å². The van der Waals surface area contributed by atoms with Crippen molar-refractivity contribution in [2.75, 3.05) is 38.1 Å². The molecule has 0 aromatic heterocycles. The van der Waals surface area contributed by atoms with Crippen LogP contribution < -0.4 is 4.90 Å². The van der Waals surface area contributed by atoms with Crippen molar-refractivity contribution >= 4 is 23.2 Å². The molecule has 4 aliphatic rings. The van der Waals surface area contributed by atoms with Gasteiger partial charge in [0.15, 0.2) is 6.54 Å². The maximum absolute atomic E-state index is 13.4. The van der Waals surface area contributed by atoms with Crippen LogP contribution in [0.5, 0.6) is 0 Å². The van der Waals surface area contributed by atoms with E-state index in [-0.39, 0.29) is 5.91 Å². The molecule has 1 saturated carbocycles. The molecule has 2 aromatic carbocycles. The van der Waals surface area contributed by atoms with Gasteiger partial charge in [0.05, 0.1) is 19.6 Å². The highest BCUT2D eigenvalue weighted by atomic mass is 35.5. The van der Waals surface area contributed by atoms with Gasteiger partial charge in [-0.25, -0.2) is 0 Å². The lowest BCUT2D eigenvalue weighted by Crippen LogP contribution is -2.68. The van der Waals surface area contributed by atoms with Crippen molar-refractivity contribution in [3.63, 3.8) is 0 Å². The van der Waals surface area contributed by atoms with Gasteiger partial charge in [0.25, 0.3) is 5.91 Å². The number of hydrogen-bond donors (Lipinski definition) is 1. The average molecular weight is 426 g/mol. The first kappa shape index (κ1) is 20.0. The number of anilines is 1. The van der Waals surface area contributed by atoms with E-state index in [0.29, 0.717) is 17.1 Å². The van der Waals surface area contributed by atoms with Crippen LogP contribution in [0, 0.1) is 17.8 Å². The SMILES string of the molecule is CN(C(=O)C[N+]12CC3CC(CC(C3)C1)C2)c1ccc(Cl)cc1C(O)c1ccccc1. The summed E-state index contributed by atoms with van der Waals surface area (Å²) in [5.74, 6) is 2.54. The molecule has 3 aliphatic heterocycles. The van der Waals surface area contributed by atoms with Crippen LogP contribution in [0.4, 0.5) is 5.69 Å². The zero-order valence-electron chi connectivity index (χ0n) is 17.5. The quantitative estimate of drug-likeness (QED) is 0.727. The molecular weight excluding hydrogens is 396 g/mol. The van der Waals surface area contributed by atoms with Gasteiger partial charge >= 0.3 is 0 Å². The highest BCUT2D eigenvalue weighted by Crippen LogP contribution is 2.47. The van der Waals surface area contributed by atoms with E-state index in [1.54, 1.807) is 17.0 Å². The third-order valence-corrected chi connectivity index (χ3v) is 7.78. The van der Waals surface area contributed by atoms with Crippen molar-refractivity contribution in [2.45, 2.75) is 25.4 Å². The molecule has 1 N–H and O–H groups in total. The highest BCUT2D eigenvalue weighted by Gasteiger charge is 2.52. The number of rotatable bonds is 5. The van der Waals surface area contributed by atoms with Crippen LogP contribution in [0.1, 0.15) is 36.5 Å². The Labute approximate surface area is 183 Å². The lowest BCUT2D eigenvalue weighted by Gasteiger charge is -2.57. The summed E-state index contributed by atoms with van der Waals surface area (Å²) in [7, 11) is 1.83. The fourth-order valence-corrected chi connectivity index (χ4v) is 6.78.